The second-order valence-corrected chi connectivity index (χ2v) is 7.91. The Bertz CT molecular complexity index is 769. The average molecular weight is 409 g/mol. The molecule has 0 N–H and O–H groups in total. The largest absolute Gasteiger partial charge is 0.492 e. The summed E-state index contributed by atoms with van der Waals surface area (Å²) in [6.45, 7) is 4.65. The lowest BCUT2D eigenvalue weighted by Crippen LogP contribution is -2.05. The van der Waals surface area contributed by atoms with Crippen LogP contribution in [0.3, 0.4) is 0 Å². The number of Topliss-reactive ketones (excluding diaryl/α,β-unsaturated/α-hetero) is 1. The maximum Gasteiger partial charge on any atom is 0.338 e. The maximum absolute atomic E-state index is 12.0. The van der Waals surface area contributed by atoms with Crippen molar-refractivity contribution in [2.24, 2.45) is 0 Å². The number of unbranched alkanes of at least 4 members (excludes halogenated alkanes) is 3. The molecule has 0 unspecified atom stereocenters. The molecular weight excluding hydrogens is 384 g/mol. The molecule has 1 aromatic carbocycles. The molecule has 0 radical (unpaired) electrons. The molecule has 0 fully saturated rings. The first-order valence-corrected chi connectivity index (χ1v) is 10.4. The minimum absolute atomic E-state index is 0.234. The van der Waals surface area contributed by atoms with Gasteiger partial charge in [0, 0.05) is 11.3 Å². The summed E-state index contributed by atoms with van der Waals surface area (Å²) < 4.78 is 10.6. The fourth-order valence-electron chi connectivity index (χ4n) is 2.59. The van der Waals surface area contributed by atoms with Gasteiger partial charge in [-0.2, -0.15) is 0 Å². The van der Waals surface area contributed by atoms with E-state index in [9.17, 15) is 9.59 Å². The average Bonchev–Trinajstić information content (AvgIpc) is 3.08. The number of rotatable bonds is 11. The van der Waals surface area contributed by atoms with Crippen LogP contribution < -0.4 is 4.74 Å². The van der Waals surface area contributed by atoms with E-state index in [4.69, 9.17) is 21.1 Å². The van der Waals surface area contributed by atoms with Gasteiger partial charge in [0.05, 0.1) is 28.7 Å². The summed E-state index contributed by atoms with van der Waals surface area (Å²) in [4.78, 5) is 25.7. The lowest BCUT2D eigenvalue weighted by atomic mass is 10.1. The Morgan fingerprint density at radius 1 is 1.07 bits per heavy atom. The van der Waals surface area contributed by atoms with Gasteiger partial charge in [0.15, 0.2) is 5.78 Å². The maximum atomic E-state index is 12.0. The molecule has 0 saturated carbocycles. The van der Waals surface area contributed by atoms with Crippen molar-refractivity contribution < 1.29 is 19.1 Å². The zero-order valence-corrected chi connectivity index (χ0v) is 17.3. The van der Waals surface area contributed by atoms with Gasteiger partial charge in [-0.05, 0) is 57.0 Å². The third-order valence-electron chi connectivity index (χ3n) is 4.01. The molecule has 0 saturated heterocycles. The van der Waals surface area contributed by atoms with E-state index in [2.05, 4.69) is 0 Å². The van der Waals surface area contributed by atoms with Gasteiger partial charge in [-0.15, -0.1) is 11.3 Å². The van der Waals surface area contributed by atoms with E-state index in [-0.39, 0.29) is 5.78 Å². The molecule has 0 aliphatic carbocycles. The van der Waals surface area contributed by atoms with Crippen molar-refractivity contribution in [2.75, 3.05) is 13.2 Å². The van der Waals surface area contributed by atoms with Crippen LogP contribution in [0.5, 0.6) is 5.75 Å². The van der Waals surface area contributed by atoms with E-state index < -0.39 is 5.97 Å². The van der Waals surface area contributed by atoms with Crippen LogP contribution in [0.2, 0.25) is 5.02 Å². The Morgan fingerprint density at radius 2 is 1.85 bits per heavy atom. The number of carbonyl (C=O) groups excluding carboxylic acids is 2. The smallest absolute Gasteiger partial charge is 0.338 e. The van der Waals surface area contributed by atoms with Crippen molar-refractivity contribution >= 4 is 34.7 Å². The van der Waals surface area contributed by atoms with Crippen LogP contribution in [0.15, 0.2) is 30.3 Å². The number of ketones is 1. The van der Waals surface area contributed by atoms with E-state index in [1.807, 2.05) is 19.1 Å². The first-order valence-electron chi connectivity index (χ1n) is 9.20. The molecule has 1 aromatic heterocycles. The molecule has 1 heterocycles. The zero-order chi connectivity index (χ0) is 19.6. The highest BCUT2D eigenvalue weighted by molar-refractivity contribution is 7.14. The Kier molecular flexibility index (Phi) is 8.82. The van der Waals surface area contributed by atoms with Crippen molar-refractivity contribution in [3.63, 3.8) is 0 Å². The molecule has 0 aliphatic rings. The molecule has 0 spiro atoms. The van der Waals surface area contributed by atoms with Crippen molar-refractivity contribution in [1.29, 1.82) is 0 Å². The monoisotopic (exact) mass is 408 g/mol. The van der Waals surface area contributed by atoms with E-state index >= 15 is 0 Å². The van der Waals surface area contributed by atoms with Gasteiger partial charge >= 0.3 is 5.97 Å². The summed E-state index contributed by atoms with van der Waals surface area (Å²) in [5.74, 6) is 0.406. The molecule has 146 valence electrons. The van der Waals surface area contributed by atoms with Crippen molar-refractivity contribution in [3.05, 3.63) is 50.7 Å². The molecule has 27 heavy (non-hydrogen) atoms. The quantitative estimate of drug-likeness (QED) is 0.256. The van der Waals surface area contributed by atoms with Crippen LogP contribution in [0.1, 0.15) is 63.9 Å². The van der Waals surface area contributed by atoms with E-state index in [1.54, 1.807) is 36.5 Å². The molecule has 2 aromatic rings. The number of hydrogen-bond donors (Lipinski definition) is 0. The summed E-state index contributed by atoms with van der Waals surface area (Å²) >= 11 is 7.72. The Labute approximate surface area is 169 Å². The van der Waals surface area contributed by atoms with Crippen molar-refractivity contribution in [2.45, 2.75) is 46.0 Å². The van der Waals surface area contributed by atoms with E-state index in [1.165, 1.54) is 4.88 Å². The Hall–Kier alpha value is -1.85. The van der Waals surface area contributed by atoms with E-state index in [0.717, 1.165) is 30.6 Å². The van der Waals surface area contributed by atoms with Gasteiger partial charge in [0.25, 0.3) is 0 Å². The highest BCUT2D eigenvalue weighted by Crippen LogP contribution is 2.26. The summed E-state index contributed by atoms with van der Waals surface area (Å²) in [5.41, 5.74) is 0.416. The fourth-order valence-corrected chi connectivity index (χ4v) is 3.66. The topological polar surface area (TPSA) is 52.6 Å². The highest BCUT2D eigenvalue weighted by atomic mass is 35.5. The molecule has 0 bridgehead atoms. The number of esters is 1. The predicted molar refractivity (Wildman–Crippen MR) is 109 cm³/mol. The molecule has 2 rings (SSSR count). The number of hydrogen-bond acceptors (Lipinski definition) is 5. The Morgan fingerprint density at radius 3 is 2.52 bits per heavy atom. The third-order valence-corrected chi connectivity index (χ3v) is 5.35. The van der Waals surface area contributed by atoms with Crippen LogP contribution in [-0.2, 0) is 4.74 Å². The summed E-state index contributed by atoms with van der Waals surface area (Å²) in [6.07, 6.45) is 4.37. The summed E-state index contributed by atoms with van der Waals surface area (Å²) in [5, 5.41) is 0.400. The van der Waals surface area contributed by atoms with Crippen molar-refractivity contribution in [1.82, 2.24) is 0 Å². The highest BCUT2D eigenvalue weighted by Gasteiger charge is 2.10. The fraction of sp³-hybridized carbons (Fsp3) is 0.429. The van der Waals surface area contributed by atoms with E-state index in [0.29, 0.717) is 36.0 Å². The van der Waals surface area contributed by atoms with Crippen LogP contribution in [-0.4, -0.2) is 25.0 Å². The van der Waals surface area contributed by atoms with Crippen LogP contribution in [0, 0.1) is 6.92 Å². The number of aryl methyl sites for hydroxylation is 1. The molecular formula is C21H25ClO4S. The predicted octanol–water partition coefficient (Wildman–Crippen LogP) is 6.10. The van der Waals surface area contributed by atoms with Gasteiger partial charge in [0.2, 0.25) is 0 Å². The number of carbonyl (C=O) groups is 2. The number of ether oxygens (including phenoxy) is 2. The first kappa shape index (κ1) is 21.5. The van der Waals surface area contributed by atoms with Gasteiger partial charge in [-0.1, -0.05) is 24.4 Å². The first-order chi connectivity index (χ1) is 13.0. The van der Waals surface area contributed by atoms with Gasteiger partial charge in [-0.25, -0.2) is 4.79 Å². The molecule has 4 nitrogen and oxygen atoms in total. The molecule has 0 atom stereocenters. The number of benzene rings is 1. The second-order valence-electron chi connectivity index (χ2n) is 6.21. The summed E-state index contributed by atoms with van der Waals surface area (Å²) in [7, 11) is 0. The SMILES string of the molecule is CCOC(=O)c1ccc(OCCCCCCC(=O)c2ccc(C)s2)c(Cl)c1. The lowest BCUT2D eigenvalue weighted by Gasteiger charge is -2.09. The van der Waals surface area contributed by atoms with Crippen LogP contribution >= 0.6 is 22.9 Å². The minimum Gasteiger partial charge on any atom is -0.492 e. The van der Waals surface area contributed by atoms with Gasteiger partial charge in [-0.3, -0.25) is 4.79 Å². The third kappa shape index (κ3) is 7.00. The number of halogens is 1. The normalized spacial score (nSPS) is 10.6. The summed E-state index contributed by atoms with van der Waals surface area (Å²) in [6, 6.07) is 8.80. The zero-order valence-electron chi connectivity index (χ0n) is 15.8. The van der Waals surface area contributed by atoms with Crippen LogP contribution in [0.4, 0.5) is 0 Å². The standard InChI is InChI=1S/C21H25ClO4S/c1-3-25-21(24)16-10-11-19(17(22)14-16)26-13-7-5-4-6-8-18(23)20-12-9-15(2)27-20/h9-12,14H,3-8,13H2,1-2H3. The van der Waals surface area contributed by atoms with Gasteiger partial charge in [0.1, 0.15) is 5.75 Å². The molecule has 6 heteroatoms. The number of thiophene rings is 1. The second kappa shape index (κ2) is 11.1. The molecule has 0 amide bonds. The van der Waals surface area contributed by atoms with Crippen LogP contribution in [0.25, 0.3) is 0 Å². The van der Waals surface area contributed by atoms with Gasteiger partial charge < -0.3 is 9.47 Å². The molecule has 0 aliphatic heterocycles. The van der Waals surface area contributed by atoms with Crippen molar-refractivity contribution in [3.8, 4) is 5.75 Å². The lowest BCUT2D eigenvalue weighted by molar-refractivity contribution is 0.0526. The minimum atomic E-state index is -0.391. The Balaban J connectivity index is 1.62.